The van der Waals surface area contributed by atoms with E-state index in [1.165, 1.54) is 0 Å². The van der Waals surface area contributed by atoms with Gasteiger partial charge >= 0.3 is 0 Å². The highest BCUT2D eigenvalue weighted by atomic mass is 16.2. The third kappa shape index (κ3) is 5.22. The number of piperidine rings is 1. The van der Waals surface area contributed by atoms with Gasteiger partial charge in [0.1, 0.15) is 18.1 Å². The smallest absolute Gasteiger partial charge is 0.246 e. The molecule has 4 N–H and O–H groups in total. The third-order valence-corrected chi connectivity index (χ3v) is 8.50. The van der Waals surface area contributed by atoms with E-state index in [2.05, 4.69) is 41.2 Å². The van der Waals surface area contributed by atoms with E-state index < -0.39 is 29.1 Å². The molecule has 36 heavy (non-hydrogen) atoms. The summed E-state index contributed by atoms with van der Waals surface area (Å²) in [6.07, 6.45) is 0.876. The molecule has 0 radical (unpaired) electrons. The summed E-state index contributed by atoms with van der Waals surface area (Å²) in [6, 6.07) is -0.269. The highest BCUT2D eigenvalue weighted by Gasteiger charge is 2.69. The van der Waals surface area contributed by atoms with Crippen LogP contribution in [0.3, 0.4) is 0 Å². The van der Waals surface area contributed by atoms with E-state index in [9.17, 15) is 24.4 Å². The van der Waals surface area contributed by atoms with Crippen LogP contribution in [0.2, 0.25) is 0 Å². The average Bonchev–Trinajstić information content (AvgIpc) is 3.14. The standard InChI is InChI=1S/C26H42N6O4/c1-24(2,3)19(31-23(36)26(6,7)28-8)22(35)32-13-16-17(25(16,4)5)18(32)21(34)30-15(12-27)11-14-9-10-29-20(14)33/h14-19,28H,9-11,13H2,1-8H3,(H,29,33)(H,30,34)(H,31,36)/t14-,15-,16-,17-,18-,19+/m0/s1. The minimum absolute atomic E-state index is 0.0272. The summed E-state index contributed by atoms with van der Waals surface area (Å²) in [5, 5.41) is 21.1. The molecule has 0 spiro atoms. The first-order valence-electron chi connectivity index (χ1n) is 12.8. The van der Waals surface area contributed by atoms with Crippen LogP contribution in [-0.2, 0) is 19.2 Å². The summed E-state index contributed by atoms with van der Waals surface area (Å²) in [5.74, 6) is -1.24. The van der Waals surface area contributed by atoms with Gasteiger partial charge < -0.3 is 26.2 Å². The van der Waals surface area contributed by atoms with Crippen LogP contribution in [0.4, 0.5) is 0 Å². The molecule has 3 fully saturated rings. The van der Waals surface area contributed by atoms with Crippen LogP contribution in [-0.4, -0.2) is 72.3 Å². The number of carbonyl (C=O) groups is 4. The number of rotatable bonds is 8. The summed E-state index contributed by atoms with van der Waals surface area (Å²) in [5.41, 5.74) is -1.56. The maximum Gasteiger partial charge on any atom is 0.246 e. The highest BCUT2D eigenvalue weighted by Crippen LogP contribution is 2.65. The zero-order valence-corrected chi connectivity index (χ0v) is 22.8. The van der Waals surface area contributed by atoms with E-state index in [-0.39, 0.29) is 53.2 Å². The summed E-state index contributed by atoms with van der Waals surface area (Å²) in [6.45, 7) is 14.3. The molecule has 0 aromatic rings. The van der Waals surface area contributed by atoms with Gasteiger partial charge in [-0.3, -0.25) is 19.2 Å². The molecule has 2 saturated heterocycles. The molecule has 0 aromatic heterocycles. The van der Waals surface area contributed by atoms with Crippen molar-refractivity contribution in [2.24, 2.45) is 28.6 Å². The lowest BCUT2D eigenvalue weighted by molar-refractivity contribution is -0.146. The van der Waals surface area contributed by atoms with Crippen LogP contribution < -0.4 is 21.3 Å². The van der Waals surface area contributed by atoms with Gasteiger partial charge in [-0.05, 0) is 56.4 Å². The van der Waals surface area contributed by atoms with Gasteiger partial charge in [-0.15, -0.1) is 0 Å². The summed E-state index contributed by atoms with van der Waals surface area (Å²) < 4.78 is 0. The fourth-order valence-electron chi connectivity index (χ4n) is 5.61. The Morgan fingerprint density at radius 1 is 1.19 bits per heavy atom. The van der Waals surface area contributed by atoms with E-state index >= 15 is 0 Å². The molecule has 10 heteroatoms. The Hall–Kier alpha value is -2.67. The molecule has 0 unspecified atom stereocenters. The average molecular weight is 503 g/mol. The van der Waals surface area contributed by atoms with Crippen LogP contribution >= 0.6 is 0 Å². The largest absolute Gasteiger partial charge is 0.356 e. The maximum absolute atomic E-state index is 13.9. The van der Waals surface area contributed by atoms with Crippen molar-refractivity contribution in [3.05, 3.63) is 0 Å². The second-order valence-corrected chi connectivity index (χ2v) is 12.7. The fraction of sp³-hybridized carbons (Fsp3) is 0.808. The van der Waals surface area contributed by atoms with E-state index in [1.54, 1.807) is 25.8 Å². The zero-order valence-electron chi connectivity index (χ0n) is 22.8. The van der Waals surface area contributed by atoms with Crippen molar-refractivity contribution in [2.45, 2.75) is 85.0 Å². The normalized spacial score (nSPS) is 28.4. The van der Waals surface area contributed by atoms with Crippen LogP contribution in [0.5, 0.6) is 0 Å². The van der Waals surface area contributed by atoms with Gasteiger partial charge in [-0.1, -0.05) is 34.6 Å². The van der Waals surface area contributed by atoms with Gasteiger partial charge in [-0.2, -0.15) is 5.26 Å². The number of amides is 4. The number of hydrogen-bond acceptors (Lipinski definition) is 6. The topological polar surface area (TPSA) is 143 Å². The molecule has 2 aliphatic heterocycles. The number of likely N-dealkylation sites (N-methyl/N-ethyl adjacent to an activating group) is 1. The molecule has 3 aliphatic rings. The number of hydrogen-bond donors (Lipinski definition) is 4. The lowest BCUT2D eigenvalue weighted by Crippen LogP contribution is -2.63. The van der Waals surface area contributed by atoms with E-state index in [0.29, 0.717) is 19.5 Å². The summed E-state index contributed by atoms with van der Waals surface area (Å²) in [7, 11) is 1.69. The molecule has 0 bridgehead atoms. The molecule has 1 aliphatic carbocycles. The lowest BCUT2D eigenvalue weighted by Gasteiger charge is -2.39. The monoisotopic (exact) mass is 502 g/mol. The quantitative estimate of drug-likeness (QED) is 0.381. The van der Waals surface area contributed by atoms with Crippen molar-refractivity contribution >= 4 is 23.6 Å². The molecule has 2 heterocycles. The number of nitrogens with one attached hydrogen (secondary N) is 4. The van der Waals surface area contributed by atoms with Crippen molar-refractivity contribution in [3.63, 3.8) is 0 Å². The molecule has 200 valence electrons. The van der Waals surface area contributed by atoms with Crippen molar-refractivity contribution in [1.82, 2.24) is 26.2 Å². The Bertz CT molecular complexity index is 962. The number of carbonyl (C=O) groups excluding carboxylic acids is 4. The first kappa shape index (κ1) is 27.9. The molecular weight excluding hydrogens is 460 g/mol. The Kier molecular flexibility index (Phi) is 7.49. The van der Waals surface area contributed by atoms with Crippen molar-refractivity contribution < 1.29 is 19.2 Å². The number of likely N-dealkylation sites (tertiary alicyclic amines) is 1. The number of nitriles is 1. The van der Waals surface area contributed by atoms with Gasteiger partial charge in [0.25, 0.3) is 0 Å². The first-order chi connectivity index (χ1) is 16.6. The van der Waals surface area contributed by atoms with Crippen LogP contribution in [0.1, 0.15) is 61.3 Å². The van der Waals surface area contributed by atoms with Gasteiger partial charge in [-0.25, -0.2) is 0 Å². The fourth-order valence-corrected chi connectivity index (χ4v) is 5.61. The Morgan fingerprint density at radius 2 is 1.83 bits per heavy atom. The van der Waals surface area contributed by atoms with Crippen LogP contribution in [0.15, 0.2) is 0 Å². The van der Waals surface area contributed by atoms with Crippen LogP contribution in [0, 0.1) is 39.9 Å². The Labute approximate surface area is 214 Å². The zero-order chi connectivity index (χ0) is 27.2. The molecule has 0 aromatic carbocycles. The first-order valence-corrected chi connectivity index (χ1v) is 12.8. The summed E-state index contributed by atoms with van der Waals surface area (Å²) >= 11 is 0. The molecule has 4 amide bonds. The molecule has 6 atom stereocenters. The van der Waals surface area contributed by atoms with Gasteiger partial charge in [0.2, 0.25) is 23.6 Å². The minimum atomic E-state index is -0.873. The molecule has 10 nitrogen and oxygen atoms in total. The van der Waals surface area contributed by atoms with Gasteiger partial charge in [0.05, 0.1) is 11.6 Å². The highest BCUT2D eigenvalue weighted by molar-refractivity contribution is 5.95. The Balaban J connectivity index is 1.81. The predicted octanol–water partition coefficient (Wildman–Crippen LogP) is 0.533. The van der Waals surface area contributed by atoms with E-state index in [4.69, 9.17) is 0 Å². The molecule has 1 saturated carbocycles. The second-order valence-electron chi connectivity index (χ2n) is 12.7. The minimum Gasteiger partial charge on any atom is -0.356 e. The van der Waals surface area contributed by atoms with Crippen molar-refractivity contribution in [2.75, 3.05) is 20.1 Å². The van der Waals surface area contributed by atoms with Crippen molar-refractivity contribution in [3.8, 4) is 6.07 Å². The van der Waals surface area contributed by atoms with E-state index in [0.717, 1.165) is 0 Å². The predicted molar refractivity (Wildman–Crippen MR) is 134 cm³/mol. The number of nitrogens with zero attached hydrogens (tertiary/aromatic N) is 2. The third-order valence-electron chi connectivity index (χ3n) is 8.50. The lowest BCUT2D eigenvalue weighted by atomic mass is 9.84. The SMILES string of the molecule is CNC(C)(C)C(=O)N[C@H](C(=O)N1C[C@H]2[C@@H]([C@H]1C(=O)N[C@H](C#N)C[C@@H]1CCNC1=O)C2(C)C)C(C)(C)C. The van der Waals surface area contributed by atoms with E-state index in [1.807, 2.05) is 20.8 Å². The second kappa shape index (κ2) is 9.66. The Morgan fingerprint density at radius 3 is 2.33 bits per heavy atom. The summed E-state index contributed by atoms with van der Waals surface area (Å²) in [4.78, 5) is 54.0. The van der Waals surface area contributed by atoms with Gasteiger partial charge in [0, 0.05) is 19.0 Å². The maximum atomic E-state index is 13.9. The van der Waals surface area contributed by atoms with Crippen LogP contribution in [0.25, 0.3) is 0 Å². The molecule has 3 rings (SSSR count). The van der Waals surface area contributed by atoms with Gasteiger partial charge in [0.15, 0.2) is 0 Å². The number of fused-ring (bicyclic) bond motifs is 1. The molecular formula is C26H42N6O4. The van der Waals surface area contributed by atoms with Crippen molar-refractivity contribution in [1.29, 1.82) is 5.26 Å².